The number of carbonyl (C=O) groups is 2. The summed E-state index contributed by atoms with van der Waals surface area (Å²) in [5, 5.41) is 9.51. The summed E-state index contributed by atoms with van der Waals surface area (Å²) in [6.45, 7) is 0. The standard InChI is InChI=1S/C13H13ClN2O3S/c14-10-5-8(3-4-15-10)11(17)16-9(13(18)19)6-20-12(16)7-1-2-7/h3-5,7,9,12H,1-2,6H2,(H,18,19). The molecule has 1 saturated heterocycles. The van der Waals surface area contributed by atoms with Gasteiger partial charge in [0.1, 0.15) is 11.2 Å². The van der Waals surface area contributed by atoms with Crippen molar-refractivity contribution in [2.24, 2.45) is 5.92 Å². The van der Waals surface area contributed by atoms with Crippen LogP contribution in [0.5, 0.6) is 0 Å². The van der Waals surface area contributed by atoms with Gasteiger partial charge in [0.25, 0.3) is 5.91 Å². The molecule has 1 aromatic rings. The van der Waals surface area contributed by atoms with E-state index in [1.165, 1.54) is 17.2 Å². The van der Waals surface area contributed by atoms with Gasteiger partial charge in [-0.2, -0.15) is 0 Å². The Hall–Kier alpha value is -1.27. The molecule has 2 atom stereocenters. The number of hydrogen-bond acceptors (Lipinski definition) is 4. The van der Waals surface area contributed by atoms with Crippen molar-refractivity contribution >= 4 is 35.2 Å². The van der Waals surface area contributed by atoms with Crippen LogP contribution in [0.4, 0.5) is 0 Å². The molecule has 106 valence electrons. The van der Waals surface area contributed by atoms with Gasteiger partial charge in [-0.25, -0.2) is 9.78 Å². The van der Waals surface area contributed by atoms with Gasteiger partial charge in [0, 0.05) is 17.5 Å². The molecule has 1 N–H and O–H groups in total. The van der Waals surface area contributed by atoms with Gasteiger partial charge in [-0.3, -0.25) is 4.79 Å². The van der Waals surface area contributed by atoms with Crippen molar-refractivity contribution in [2.75, 3.05) is 5.75 Å². The van der Waals surface area contributed by atoms with Crippen molar-refractivity contribution in [1.29, 1.82) is 0 Å². The highest BCUT2D eigenvalue weighted by Gasteiger charge is 2.48. The summed E-state index contributed by atoms with van der Waals surface area (Å²) in [5.74, 6) is -0.357. The van der Waals surface area contributed by atoms with Gasteiger partial charge in [-0.1, -0.05) is 11.6 Å². The number of rotatable bonds is 3. The Balaban J connectivity index is 1.90. The summed E-state index contributed by atoms with van der Waals surface area (Å²) < 4.78 is 0. The molecule has 2 aliphatic rings. The Labute approximate surface area is 125 Å². The van der Waals surface area contributed by atoms with Crippen LogP contribution in [-0.4, -0.2) is 44.0 Å². The van der Waals surface area contributed by atoms with Gasteiger partial charge in [0.2, 0.25) is 0 Å². The highest BCUT2D eigenvalue weighted by atomic mass is 35.5. The molecule has 7 heteroatoms. The van der Waals surface area contributed by atoms with E-state index in [1.54, 1.807) is 17.8 Å². The third kappa shape index (κ3) is 2.50. The summed E-state index contributed by atoms with van der Waals surface area (Å²) >= 11 is 7.36. The van der Waals surface area contributed by atoms with Gasteiger partial charge in [-0.05, 0) is 30.9 Å². The van der Waals surface area contributed by atoms with Crippen LogP contribution in [0.1, 0.15) is 23.2 Å². The van der Waals surface area contributed by atoms with Crippen molar-refractivity contribution in [2.45, 2.75) is 24.3 Å². The highest BCUT2D eigenvalue weighted by molar-refractivity contribution is 8.00. The van der Waals surface area contributed by atoms with E-state index in [4.69, 9.17) is 11.6 Å². The number of carboxylic acids is 1. The normalized spacial score (nSPS) is 25.8. The van der Waals surface area contributed by atoms with Crippen LogP contribution >= 0.6 is 23.4 Å². The Morgan fingerprint density at radius 1 is 1.45 bits per heavy atom. The minimum absolute atomic E-state index is 0.0319. The number of halogens is 1. The number of aliphatic carboxylic acids is 1. The summed E-state index contributed by atoms with van der Waals surface area (Å²) in [6, 6.07) is 2.29. The first kappa shape index (κ1) is 13.7. The number of amides is 1. The van der Waals surface area contributed by atoms with Crippen LogP contribution in [0.15, 0.2) is 18.3 Å². The number of carboxylic acid groups (broad SMARTS) is 1. The lowest BCUT2D eigenvalue weighted by Gasteiger charge is -2.27. The summed E-state index contributed by atoms with van der Waals surface area (Å²) in [7, 11) is 0. The van der Waals surface area contributed by atoms with E-state index in [0.717, 1.165) is 12.8 Å². The van der Waals surface area contributed by atoms with Gasteiger partial charge < -0.3 is 10.0 Å². The molecule has 5 nitrogen and oxygen atoms in total. The van der Waals surface area contributed by atoms with Crippen LogP contribution in [0.3, 0.4) is 0 Å². The lowest BCUT2D eigenvalue weighted by Crippen LogP contribution is -2.46. The number of aromatic nitrogens is 1. The molecule has 2 unspecified atom stereocenters. The number of pyridine rings is 1. The first-order valence-electron chi connectivity index (χ1n) is 6.36. The zero-order chi connectivity index (χ0) is 14.3. The number of hydrogen-bond donors (Lipinski definition) is 1. The average molecular weight is 313 g/mol. The Morgan fingerprint density at radius 3 is 2.80 bits per heavy atom. The molecule has 0 radical (unpaired) electrons. The molecule has 0 spiro atoms. The van der Waals surface area contributed by atoms with Crippen molar-refractivity contribution < 1.29 is 14.7 Å². The number of thioether (sulfide) groups is 1. The maximum absolute atomic E-state index is 12.6. The molecule has 2 fully saturated rings. The fraction of sp³-hybridized carbons (Fsp3) is 0.462. The monoisotopic (exact) mass is 312 g/mol. The topological polar surface area (TPSA) is 70.5 Å². The maximum Gasteiger partial charge on any atom is 0.327 e. The van der Waals surface area contributed by atoms with Gasteiger partial charge >= 0.3 is 5.97 Å². The highest BCUT2D eigenvalue weighted by Crippen LogP contribution is 2.45. The lowest BCUT2D eigenvalue weighted by molar-refractivity contribution is -0.141. The molecule has 1 aliphatic heterocycles. The van der Waals surface area contributed by atoms with Crippen molar-refractivity contribution in [3.63, 3.8) is 0 Å². The van der Waals surface area contributed by atoms with Crippen molar-refractivity contribution in [3.05, 3.63) is 29.0 Å². The molecule has 20 heavy (non-hydrogen) atoms. The van der Waals surface area contributed by atoms with Crippen molar-refractivity contribution in [3.8, 4) is 0 Å². The van der Waals surface area contributed by atoms with E-state index in [-0.39, 0.29) is 16.4 Å². The molecular weight excluding hydrogens is 300 g/mol. The molecule has 1 aliphatic carbocycles. The first-order chi connectivity index (χ1) is 9.58. The Morgan fingerprint density at radius 2 is 2.20 bits per heavy atom. The minimum Gasteiger partial charge on any atom is -0.480 e. The molecule has 2 heterocycles. The van der Waals surface area contributed by atoms with E-state index in [1.807, 2.05) is 0 Å². The van der Waals surface area contributed by atoms with Gasteiger partial charge in [0.05, 0.1) is 5.37 Å². The summed E-state index contributed by atoms with van der Waals surface area (Å²) in [4.78, 5) is 29.3. The van der Waals surface area contributed by atoms with Crippen LogP contribution in [-0.2, 0) is 4.79 Å². The fourth-order valence-electron chi connectivity index (χ4n) is 2.40. The van der Waals surface area contributed by atoms with E-state index < -0.39 is 12.0 Å². The molecule has 3 rings (SSSR count). The van der Waals surface area contributed by atoms with Crippen LogP contribution in [0.25, 0.3) is 0 Å². The second-order valence-electron chi connectivity index (χ2n) is 5.00. The number of nitrogens with zero attached hydrogens (tertiary/aromatic N) is 2. The van der Waals surface area contributed by atoms with E-state index in [2.05, 4.69) is 4.98 Å². The molecule has 1 saturated carbocycles. The smallest absolute Gasteiger partial charge is 0.327 e. The van der Waals surface area contributed by atoms with Crippen LogP contribution < -0.4 is 0 Å². The van der Waals surface area contributed by atoms with Crippen molar-refractivity contribution in [1.82, 2.24) is 9.88 Å². The molecule has 1 amide bonds. The average Bonchev–Trinajstić information content (AvgIpc) is 3.16. The lowest BCUT2D eigenvalue weighted by atomic mass is 10.1. The first-order valence-corrected chi connectivity index (χ1v) is 7.79. The second-order valence-corrected chi connectivity index (χ2v) is 6.53. The van der Waals surface area contributed by atoms with E-state index in [9.17, 15) is 14.7 Å². The zero-order valence-corrected chi connectivity index (χ0v) is 12.1. The molecule has 1 aromatic heterocycles. The zero-order valence-electron chi connectivity index (χ0n) is 10.5. The Bertz CT molecular complexity index is 564. The maximum atomic E-state index is 12.6. The SMILES string of the molecule is O=C(O)C1CSC(C2CC2)N1C(=O)c1ccnc(Cl)c1. The predicted octanol–water partition coefficient (Wildman–Crippen LogP) is 2.11. The largest absolute Gasteiger partial charge is 0.480 e. The van der Waals surface area contributed by atoms with Crippen LogP contribution in [0.2, 0.25) is 5.15 Å². The predicted molar refractivity (Wildman–Crippen MR) is 75.8 cm³/mol. The second kappa shape index (κ2) is 5.26. The third-order valence-electron chi connectivity index (χ3n) is 3.55. The molecule has 0 aromatic carbocycles. The van der Waals surface area contributed by atoms with Gasteiger partial charge in [0.15, 0.2) is 0 Å². The van der Waals surface area contributed by atoms with Crippen LogP contribution in [0, 0.1) is 5.92 Å². The molecular formula is C13H13ClN2O3S. The summed E-state index contributed by atoms with van der Waals surface area (Å²) in [6.07, 6.45) is 3.58. The fourth-order valence-corrected chi connectivity index (χ4v) is 4.21. The van der Waals surface area contributed by atoms with E-state index >= 15 is 0 Å². The van der Waals surface area contributed by atoms with E-state index in [0.29, 0.717) is 17.2 Å². The molecule has 0 bridgehead atoms. The number of carbonyl (C=O) groups excluding carboxylic acids is 1. The van der Waals surface area contributed by atoms with Gasteiger partial charge in [-0.15, -0.1) is 11.8 Å². The minimum atomic E-state index is -0.950. The third-order valence-corrected chi connectivity index (χ3v) is 5.22. The Kier molecular flexibility index (Phi) is 3.60. The quantitative estimate of drug-likeness (QED) is 0.866. The summed E-state index contributed by atoms with van der Waals surface area (Å²) in [5.41, 5.74) is 0.393.